The third-order valence-electron chi connectivity index (χ3n) is 13.4. The fraction of sp³-hybridized carbons (Fsp3) is 0.0455. The van der Waals surface area contributed by atoms with E-state index in [1.54, 1.807) is 6.08 Å². The van der Waals surface area contributed by atoms with E-state index in [2.05, 4.69) is 176 Å². The van der Waals surface area contributed by atoms with Crippen LogP contribution in [0.1, 0.15) is 46.2 Å². The molecule has 0 amide bonds. The third kappa shape index (κ3) is 8.43. The SMILES string of the molecule is C=C/C=C\c1oc2c(-c3ccc(CN=Cc4cccc5oc6ccc(-c7cccc8oc9ccc(-n%10c(/C=C\C)c(C=C)c%11ccccc%11%10)cc9c78)cc6c45)cc3)cccc2c1C.C=NC(=N)c1ccccc1. The molecule has 12 rings (SSSR count). The van der Waals surface area contributed by atoms with Crippen LogP contribution in [0.15, 0.2) is 224 Å². The quantitative estimate of drug-likeness (QED) is 0.0795. The average Bonchev–Trinajstić information content (AvgIpc) is 4.19. The highest BCUT2D eigenvalue weighted by Crippen LogP contribution is 2.42. The van der Waals surface area contributed by atoms with Crippen LogP contribution in [0, 0.1) is 12.3 Å². The average molecular weight is 947 g/mol. The molecule has 0 aliphatic heterocycles. The van der Waals surface area contributed by atoms with E-state index < -0.39 is 0 Å². The van der Waals surface area contributed by atoms with Crippen molar-refractivity contribution in [3.05, 3.63) is 241 Å². The van der Waals surface area contributed by atoms with E-state index in [4.69, 9.17) is 23.7 Å². The number of aliphatic imine (C=N–C) groups is 2. The molecular formula is C66H50N4O3. The first-order valence-electron chi connectivity index (χ1n) is 24.2. The number of fused-ring (bicyclic) bond motifs is 8. The Kier molecular flexibility index (Phi) is 12.3. The summed E-state index contributed by atoms with van der Waals surface area (Å²) >= 11 is 0. The Morgan fingerprint density at radius 1 is 0.630 bits per heavy atom. The molecule has 0 radical (unpaired) electrons. The van der Waals surface area contributed by atoms with Crippen molar-refractivity contribution in [2.75, 3.05) is 0 Å². The van der Waals surface area contributed by atoms with Crippen molar-refractivity contribution in [3.8, 4) is 27.9 Å². The largest absolute Gasteiger partial charge is 0.456 e. The summed E-state index contributed by atoms with van der Waals surface area (Å²) in [6.45, 7) is 15.9. The van der Waals surface area contributed by atoms with Gasteiger partial charge in [0.2, 0.25) is 0 Å². The number of rotatable bonds is 11. The van der Waals surface area contributed by atoms with Gasteiger partial charge in [0.25, 0.3) is 0 Å². The number of hydrogen-bond acceptors (Lipinski definition) is 5. The molecule has 0 saturated carbocycles. The fourth-order valence-corrected chi connectivity index (χ4v) is 9.95. The molecule has 0 aliphatic carbocycles. The highest BCUT2D eigenvalue weighted by Gasteiger charge is 2.20. The number of benzene rings is 8. The molecule has 0 unspecified atom stereocenters. The number of nitrogens with zero attached hydrogens (tertiary/aromatic N) is 3. The number of para-hydroxylation sites is 2. The minimum atomic E-state index is 0.223. The second-order valence-electron chi connectivity index (χ2n) is 17.8. The zero-order valence-corrected chi connectivity index (χ0v) is 40.6. The molecular weight excluding hydrogens is 897 g/mol. The summed E-state index contributed by atoms with van der Waals surface area (Å²) in [6, 6.07) is 58.1. The third-order valence-corrected chi connectivity index (χ3v) is 13.4. The first kappa shape index (κ1) is 45.8. The van der Waals surface area contributed by atoms with Crippen LogP contribution in [0.5, 0.6) is 0 Å². The molecule has 73 heavy (non-hydrogen) atoms. The molecule has 7 nitrogen and oxygen atoms in total. The zero-order valence-electron chi connectivity index (χ0n) is 40.6. The maximum atomic E-state index is 7.25. The molecule has 4 heterocycles. The Morgan fingerprint density at radius 3 is 2.08 bits per heavy atom. The van der Waals surface area contributed by atoms with E-state index in [0.29, 0.717) is 6.54 Å². The Labute approximate surface area is 422 Å². The molecule has 1 N–H and O–H groups in total. The second-order valence-corrected chi connectivity index (χ2v) is 17.8. The number of hydrogen-bond donors (Lipinski definition) is 1. The van der Waals surface area contributed by atoms with Gasteiger partial charge in [-0.3, -0.25) is 10.4 Å². The van der Waals surface area contributed by atoms with Crippen molar-refractivity contribution in [1.29, 1.82) is 5.41 Å². The van der Waals surface area contributed by atoms with Crippen molar-refractivity contribution in [3.63, 3.8) is 0 Å². The topological polar surface area (TPSA) is 92.9 Å². The monoisotopic (exact) mass is 946 g/mol. The first-order valence-corrected chi connectivity index (χ1v) is 24.2. The van der Waals surface area contributed by atoms with Gasteiger partial charge >= 0.3 is 0 Å². The van der Waals surface area contributed by atoms with Gasteiger partial charge in [-0.25, -0.2) is 4.99 Å². The summed E-state index contributed by atoms with van der Waals surface area (Å²) in [5, 5.41) is 13.7. The molecule has 0 aliphatic rings. The van der Waals surface area contributed by atoms with E-state index in [0.717, 1.165) is 128 Å². The van der Waals surface area contributed by atoms with Gasteiger partial charge < -0.3 is 17.8 Å². The van der Waals surface area contributed by atoms with Gasteiger partial charge in [-0.15, -0.1) is 0 Å². The molecule has 0 bridgehead atoms. The Hall–Kier alpha value is -9.59. The van der Waals surface area contributed by atoms with E-state index >= 15 is 0 Å². The molecule has 352 valence electrons. The second kappa shape index (κ2) is 19.7. The van der Waals surface area contributed by atoms with Crippen molar-refractivity contribution < 1.29 is 13.3 Å². The van der Waals surface area contributed by atoms with Gasteiger partial charge in [0.05, 0.1) is 17.8 Å². The van der Waals surface area contributed by atoms with Crippen LogP contribution in [0.3, 0.4) is 0 Å². The molecule has 0 atom stereocenters. The number of aromatic nitrogens is 1. The Bertz CT molecular complexity index is 4210. The van der Waals surface area contributed by atoms with Crippen molar-refractivity contribution in [2.45, 2.75) is 20.4 Å². The maximum absolute atomic E-state index is 7.25. The van der Waals surface area contributed by atoms with Gasteiger partial charge in [0.1, 0.15) is 33.7 Å². The smallest absolute Gasteiger partial charge is 0.151 e. The number of allylic oxidation sites excluding steroid dienone is 3. The standard InChI is InChI=1S/C58H42N2O3.C8H8N2/c1-5-8-21-51-36(4)43-17-12-19-45(58(43)63-51)38-26-24-37(25-27-38)34-59-35-40-15-11-22-54-56(40)47-32-39(28-30-52(47)61-54)44-18-13-23-55-57(44)48-33-41(29-31-53(48)62-55)60-49(14-6-2)42(7-3)46-16-9-10-20-50(46)60;1-10-8(9)7-5-3-2-4-6-7/h5-33,35H,1,3,34H2,2,4H3;2-6,9H,1H2/b14-6-,21-8-,59-35?;. The highest BCUT2D eigenvalue weighted by molar-refractivity contribution is 6.17. The van der Waals surface area contributed by atoms with E-state index in [9.17, 15) is 0 Å². The molecule has 7 heteroatoms. The van der Waals surface area contributed by atoms with Gasteiger partial charge in [0, 0.05) is 72.0 Å². The minimum Gasteiger partial charge on any atom is -0.456 e. The zero-order chi connectivity index (χ0) is 50.0. The maximum Gasteiger partial charge on any atom is 0.151 e. The van der Waals surface area contributed by atoms with Gasteiger partial charge in [0.15, 0.2) is 5.84 Å². The van der Waals surface area contributed by atoms with Crippen LogP contribution in [0.2, 0.25) is 0 Å². The van der Waals surface area contributed by atoms with Gasteiger partial charge in [-0.2, -0.15) is 0 Å². The Morgan fingerprint density at radius 2 is 1.32 bits per heavy atom. The first-order chi connectivity index (χ1) is 35.9. The van der Waals surface area contributed by atoms with Crippen LogP contribution < -0.4 is 0 Å². The lowest BCUT2D eigenvalue weighted by Gasteiger charge is -2.10. The summed E-state index contributed by atoms with van der Waals surface area (Å²) < 4.78 is 21.6. The number of nitrogens with one attached hydrogen (secondary N) is 1. The minimum absolute atomic E-state index is 0.223. The summed E-state index contributed by atoms with van der Waals surface area (Å²) in [5.74, 6) is 1.07. The van der Waals surface area contributed by atoms with Crippen LogP contribution in [-0.2, 0) is 6.54 Å². The molecule has 0 spiro atoms. The summed E-state index contributed by atoms with van der Waals surface area (Å²) in [5.41, 5.74) is 17.0. The highest BCUT2D eigenvalue weighted by atomic mass is 16.3. The lowest BCUT2D eigenvalue weighted by molar-refractivity contribution is 0.602. The fourth-order valence-electron chi connectivity index (χ4n) is 9.95. The lowest BCUT2D eigenvalue weighted by Crippen LogP contribution is -1.97. The van der Waals surface area contributed by atoms with E-state index in [1.165, 1.54) is 5.39 Å². The number of aryl methyl sites for hydroxylation is 1. The molecule has 4 aromatic heterocycles. The lowest BCUT2D eigenvalue weighted by atomic mass is 9.97. The van der Waals surface area contributed by atoms with Crippen LogP contribution in [0.25, 0.3) is 112 Å². The normalized spacial score (nSPS) is 11.8. The van der Waals surface area contributed by atoms with Crippen LogP contribution in [0.4, 0.5) is 0 Å². The van der Waals surface area contributed by atoms with Gasteiger partial charge in [-0.05, 0) is 104 Å². The van der Waals surface area contributed by atoms with Gasteiger partial charge in [-0.1, -0.05) is 159 Å². The summed E-state index contributed by atoms with van der Waals surface area (Å²) in [7, 11) is 0. The Balaban J connectivity index is 0.000000516. The summed E-state index contributed by atoms with van der Waals surface area (Å²) in [4.78, 5) is 8.44. The predicted molar refractivity (Wildman–Crippen MR) is 308 cm³/mol. The number of amidine groups is 1. The summed E-state index contributed by atoms with van der Waals surface area (Å²) in [6.07, 6.45) is 13.8. The van der Waals surface area contributed by atoms with Crippen molar-refractivity contribution in [2.24, 2.45) is 9.98 Å². The molecule has 0 fully saturated rings. The van der Waals surface area contributed by atoms with Crippen LogP contribution in [-0.4, -0.2) is 23.3 Å². The van der Waals surface area contributed by atoms with Crippen molar-refractivity contribution in [1.82, 2.24) is 4.57 Å². The molecule has 12 aromatic rings. The number of furan rings is 3. The van der Waals surface area contributed by atoms with Crippen molar-refractivity contribution >= 4 is 103 Å². The van der Waals surface area contributed by atoms with E-state index in [-0.39, 0.29) is 5.84 Å². The molecule has 8 aromatic carbocycles. The predicted octanol–water partition coefficient (Wildman–Crippen LogP) is 18.0. The van der Waals surface area contributed by atoms with E-state index in [1.807, 2.05) is 73.8 Å². The van der Waals surface area contributed by atoms with Crippen LogP contribution >= 0.6 is 0 Å². The molecule has 0 saturated heterocycles.